The van der Waals surface area contributed by atoms with E-state index in [1.165, 1.54) is 18.6 Å². The predicted octanol–water partition coefficient (Wildman–Crippen LogP) is 1.48. The van der Waals surface area contributed by atoms with Crippen LogP contribution in [0.4, 0.5) is 4.79 Å². The van der Waals surface area contributed by atoms with E-state index in [2.05, 4.69) is 25.8 Å². The summed E-state index contributed by atoms with van der Waals surface area (Å²) in [6.45, 7) is 2.19. The van der Waals surface area contributed by atoms with Crippen LogP contribution >= 0.6 is 0 Å². The highest BCUT2D eigenvalue weighted by Crippen LogP contribution is 2.00. The van der Waals surface area contributed by atoms with Crippen molar-refractivity contribution in [3.05, 3.63) is 60.2 Å². The molecule has 0 aliphatic heterocycles. The van der Waals surface area contributed by atoms with Gasteiger partial charge < -0.3 is 14.8 Å². The summed E-state index contributed by atoms with van der Waals surface area (Å²) in [7, 11) is 0. The molecule has 9 nitrogen and oxygen atoms in total. The highest BCUT2D eigenvalue weighted by molar-refractivity contribution is 5.93. The van der Waals surface area contributed by atoms with Gasteiger partial charge >= 0.3 is 6.09 Å². The number of amides is 2. The maximum absolute atomic E-state index is 11.9. The zero-order chi connectivity index (χ0) is 18.6. The lowest BCUT2D eigenvalue weighted by Gasteiger charge is -2.10. The molecule has 1 aromatic heterocycles. The Hall–Kier alpha value is -3.49. The summed E-state index contributed by atoms with van der Waals surface area (Å²) in [5, 5.41) is 6.34. The molecular formula is C17H19N5O4. The van der Waals surface area contributed by atoms with Gasteiger partial charge in [0.25, 0.3) is 5.91 Å². The van der Waals surface area contributed by atoms with Crippen LogP contribution < -0.4 is 10.7 Å². The summed E-state index contributed by atoms with van der Waals surface area (Å²) in [4.78, 5) is 31.3. The monoisotopic (exact) mass is 357 g/mol. The molecule has 9 heteroatoms. The third-order valence-corrected chi connectivity index (χ3v) is 2.99. The van der Waals surface area contributed by atoms with E-state index < -0.39 is 12.0 Å². The molecule has 136 valence electrons. The molecule has 1 heterocycles. The van der Waals surface area contributed by atoms with E-state index in [-0.39, 0.29) is 24.7 Å². The van der Waals surface area contributed by atoms with Gasteiger partial charge in [-0.3, -0.25) is 9.78 Å². The van der Waals surface area contributed by atoms with Crippen LogP contribution in [0.3, 0.4) is 0 Å². The lowest BCUT2D eigenvalue weighted by molar-refractivity contribution is 0.0947. The van der Waals surface area contributed by atoms with E-state index in [4.69, 9.17) is 9.47 Å². The number of nitrogens with zero attached hydrogens (tertiary/aromatic N) is 3. The zero-order valence-electron chi connectivity index (χ0n) is 14.2. The Morgan fingerprint density at radius 2 is 1.96 bits per heavy atom. The maximum Gasteiger partial charge on any atom is 0.407 e. The first-order valence-corrected chi connectivity index (χ1v) is 7.89. The smallest absolute Gasteiger partial charge is 0.407 e. The number of benzene rings is 1. The van der Waals surface area contributed by atoms with Crippen molar-refractivity contribution in [1.82, 2.24) is 20.7 Å². The van der Waals surface area contributed by atoms with Gasteiger partial charge in [-0.2, -0.15) is 0 Å². The number of carbonyl (C=O) groups is 2. The lowest BCUT2D eigenvalue weighted by atomic mass is 10.2. The first-order chi connectivity index (χ1) is 12.7. The summed E-state index contributed by atoms with van der Waals surface area (Å²) >= 11 is 0. The minimum Gasteiger partial charge on any atom is -0.479 e. The summed E-state index contributed by atoms with van der Waals surface area (Å²) in [5.41, 5.74) is 3.28. The fraction of sp³-hybridized carbons (Fsp3) is 0.235. The predicted molar refractivity (Wildman–Crippen MR) is 93.2 cm³/mol. The molecule has 0 saturated carbocycles. The molecule has 26 heavy (non-hydrogen) atoms. The molecule has 2 amide bonds. The molecule has 2 N–H and O–H groups in total. The topological polar surface area (TPSA) is 115 Å². The first-order valence-electron chi connectivity index (χ1n) is 7.89. The van der Waals surface area contributed by atoms with Crippen LogP contribution in [0.2, 0.25) is 0 Å². The van der Waals surface area contributed by atoms with Gasteiger partial charge in [0.15, 0.2) is 0 Å². The Labute approximate surface area is 150 Å². The Bertz CT molecular complexity index is 737. The average Bonchev–Trinajstić information content (AvgIpc) is 2.69. The normalized spacial score (nSPS) is 10.7. The minimum absolute atomic E-state index is 0.0395. The molecule has 0 atom stereocenters. The molecule has 2 rings (SSSR count). The molecule has 0 unspecified atom stereocenters. The Morgan fingerprint density at radius 3 is 2.65 bits per heavy atom. The van der Waals surface area contributed by atoms with Crippen molar-refractivity contribution >= 4 is 17.9 Å². The van der Waals surface area contributed by atoms with E-state index in [1.54, 1.807) is 6.92 Å². The van der Waals surface area contributed by atoms with Crippen molar-refractivity contribution in [2.45, 2.75) is 13.5 Å². The number of aromatic nitrogens is 2. The fourth-order valence-electron chi connectivity index (χ4n) is 1.80. The third-order valence-electron chi connectivity index (χ3n) is 2.99. The number of nitrogens with one attached hydrogen (secondary N) is 2. The third kappa shape index (κ3) is 6.56. The molecule has 0 saturated heterocycles. The van der Waals surface area contributed by atoms with Gasteiger partial charge in [-0.15, -0.1) is 5.10 Å². The van der Waals surface area contributed by atoms with Gasteiger partial charge in [0.1, 0.15) is 12.3 Å². The van der Waals surface area contributed by atoms with Crippen LogP contribution in [0.25, 0.3) is 0 Å². The zero-order valence-corrected chi connectivity index (χ0v) is 14.2. The molecule has 0 fully saturated rings. The summed E-state index contributed by atoms with van der Waals surface area (Å²) < 4.78 is 10.4. The lowest BCUT2D eigenvalue weighted by Crippen LogP contribution is -2.33. The molecule has 0 radical (unpaired) electrons. The minimum atomic E-state index is -0.624. The van der Waals surface area contributed by atoms with E-state index >= 15 is 0 Å². The molecular weight excluding hydrogens is 338 g/mol. The van der Waals surface area contributed by atoms with Crippen molar-refractivity contribution in [1.29, 1.82) is 0 Å². The molecule has 0 aliphatic carbocycles. The van der Waals surface area contributed by atoms with E-state index in [1.807, 2.05) is 30.3 Å². The van der Waals surface area contributed by atoms with Crippen molar-refractivity contribution < 1.29 is 19.1 Å². The van der Waals surface area contributed by atoms with Crippen LogP contribution in [0, 0.1) is 0 Å². The summed E-state index contributed by atoms with van der Waals surface area (Å²) in [5.74, 6) is -0.414. The van der Waals surface area contributed by atoms with Gasteiger partial charge in [0.05, 0.1) is 19.3 Å². The van der Waals surface area contributed by atoms with Crippen LogP contribution in [0.5, 0.6) is 0 Å². The summed E-state index contributed by atoms with van der Waals surface area (Å²) in [6.07, 6.45) is 3.54. The van der Waals surface area contributed by atoms with Gasteiger partial charge in [-0.05, 0) is 12.5 Å². The van der Waals surface area contributed by atoms with Crippen LogP contribution in [-0.2, 0) is 16.1 Å². The quantitative estimate of drug-likeness (QED) is 0.441. The molecule has 2 aromatic rings. The average molecular weight is 357 g/mol. The second-order valence-electron chi connectivity index (χ2n) is 4.89. The van der Waals surface area contributed by atoms with Crippen molar-refractivity contribution in [2.75, 3.05) is 13.2 Å². The van der Waals surface area contributed by atoms with Gasteiger partial charge in [-0.25, -0.2) is 15.2 Å². The van der Waals surface area contributed by atoms with E-state index in [9.17, 15) is 9.59 Å². The SMILES string of the molecule is CCO/C(CNC(=O)OCc1ccccc1)=N\NC(=O)c1cnccn1. The highest BCUT2D eigenvalue weighted by Gasteiger charge is 2.09. The number of hydrogen-bond donors (Lipinski definition) is 2. The molecule has 0 spiro atoms. The maximum atomic E-state index is 11.9. The van der Waals surface area contributed by atoms with Crippen molar-refractivity contribution in [3.63, 3.8) is 0 Å². The number of hydrogen-bond acceptors (Lipinski definition) is 7. The Kier molecular flexibility index (Phi) is 7.53. The number of carbonyl (C=O) groups excluding carboxylic acids is 2. The number of ether oxygens (including phenoxy) is 2. The molecule has 0 bridgehead atoms. The molecule has 1 aromatic carbocycles. The Balaban J connectivity index is 1.81. The second kappa shape index (κ2) is 10.4. The number of hydrazone groups is 1. The highest BCUT2D eigenvalue weighted by atomic mass is 16.5. The van der Waals surface area contributed by atoms with E-state index in [0.29, 0.717) is 6.61 Å². The standard InChI is InChI=1S/C17H19N5O4/c1-2-25-15(21-22-16(23)14-10-18-8-9-19-14)11-20-17(24)26-12-13-6-4-3-5-7-13/h3-10H,2,11-12H2,1H3,(H,20,24)(H,22,23)/b21-15-. The first kappa shape index (κ1) is 18.8. The van der Waals surface area contributed by atoms with Crippen LogP contribution in [0.1, 0.15) is 23.0 Å². The second-order valence-corrected chi connectivity index (χ2v) is 4.89. The van der Waals surface area contributed by atoms with Gasteiger partial charge in [0, 0.05) is 12.4 Å². The van der Waals surface area contributed by atoms with E-state index in [0.717, 1.165) is 5.56 Å². The number of alkyl carbamates (subject to hydrolysis) is 1. The molecule has 0 aliphatic rings. The van der Waals surface area contributed by atoms with Gasteiger partial charge in [-0.1, -0.05) is 30.3 Å². The van der Waals surface area contributed by atoms with Crippen molar-refractivity contribution in [3.8, 4) is 0 Å². The largest absolute Gasteiger partial charge is 0.479 e. The van der Waals surface area contributed by atoms with Crippen molar-refractivity contribution in [2.24, 2.45) is 5.10 Å². The number of rotatable bonds is 7. The van der Waals surface area contributed by atoms with Crippen LogP contribution in [-0.4, -0.2) is 41.0 Å². The fourth-order valence-corrected chi connectivity index (χ4v) is 1.80. The van der Waals surface area contributed by atoms with Crippen LogP contribution in [0.15, 0.2) is 54.0 Å². The summed E-state index contributed by atoms with van der Waals surface area (Å²) in [6, 6.07) is 9.29. The Morgan fingerprint density at radius 1 is 1.15 bits per heavy atom. The van der Waals surface area contributed by atoms with Gasteiger partial charge in [0.2, 0.25) is 5.90 Å².